The van der Waals surface area contributed by atoms with Crippen LogP contribution in [-0.2, 0) is 4.74 Å². The molecular formula is C12H18N4O2. The van der Waals surface area contributed by atoms with Gasteiger partial charge in [0.2, 0.25) is 0 Å². The van der Waals surface area contributed by atoms with E-state index in [4.69, 9.17) is 10.5 Å². The molecule has 1 heterocycles. The minimum absolute atomic E-state index is 0.0230. The maximum atomic E-state index is 10.7. The number of carbonyl (C=O) groups is 1. The number of carbonyl (C=O) groups excluding carboxylic acids is 1. The Morgan fingerprint density at radius 3 is 2.61 bits per heavy atom. The molecule has 0 aromatic carbocycles. The summed E-state index contributed by atoms with van der Waals surface area (Å²) >= 11 is 0. The monoisotopic (exact) mass is 250 g/mol. The lowest BCUT2D eigenvalue weighted by molar-refractivity contribution is 0.0706. The van der Waals surface area contributed by atoms with E-state index in [2.05, 4.69) is 16.5 Å². The van der Waals surface area contributed by atoms with Crippen molar-refractivity contribution in [1.29, 1.82) is 0 Å². The van der Waals surface area contributed by atoms with Crippen molar-refractivity contribution in [3.8, 4) is 0 Å². The van der Waals surface area contributed by atoms with Crippen LogP contribution in [0, 0.1) is 0 Å². The molecule has 0 radical (unpaired) electrons. The lowest BCUT2D eigenvalue weighted by Crippen LogP contribution is -2.28. The van der Waals surface area contributed by atoms with Gasteiger partial charge in [-0.2, -0.15) is 0 Å². The van der Waals surface area contributed by atoms with Crippen molar-refractivity contribution in [2.45, 2.75) is 56.6 Å². The highest BCUT2D eigenvalue weighted by molar-refractivity contribution is 5.64. The first-order chi connectivity index (χ1) is 8.72. The molecule has 0 spiro atoms. The van der Waals surface area contributed by atoms with Crippen LogP contribution in [0.2, 0.25) is 0 Å². The normalized spacial score (nSPS) is 28.0. The maximum Gasteiger partial charge on any atom is 0.404 e. The van der Waals surface area contributed by atoms with Gasteiger partial charge in [0.1, 0.15) is 6.10 Å². The summed E-state index contributed by atoms with van der Waals surface area (Å²) in [6.07, 6.45) is 7.52. The molecule has 2 fully saturated rings. The summed E-state index contributed by atoms with van der Waals surface area (Å²) in [6, 6.07) is 0.387. The quantitative estimate of drug-likeness (QED) is 0.885. The van der Waals surface area contributed by atoms with Gasteiger partial charge in [-0.25, -0.2) is 9.48 Å². The summed E-state index contributed by atoms with van der Waals surface area (Å²) in [5.41, 5.74) is 6.15. The lowest BCUT2D eigenvalue weighted by Gasteiger charge is -2.27. The Kier molecular flexibility index (Phi) is 2.93. The van der Waals surface area contributed by atoms with Gasteiger partial charge in [-0.1, -0.05) is 5.21 Å². The van der Waals surface area contributed by atoms with Gasteiger partial charge >= 0.3 is 6.09 Å². The van der Waals surface area contributed by atoms with Gasteiger partial charge in [-0.3, -0.25) is 0 Å². The standard InChI is InChI=1S/C12H18N4O2/c13-12(17)18-10-5-3-9(4-6-10)16-7-11(14-15-16)8-1-2-8/h7-10H,1-6H2,(H2,13,17). The molecule has 98 valence electrons. The highest BCUT2D eigenvalue weighted by atomic mass is 16.6. The van der Waals surface area contributed by atoms with Crippen molar-refractivity contribution in [1.82, 2.24) is 15.0 Å². The third-order valence-corrected chi connectivity index (χ3v) is 3.82. The van der Waals surface area contributed by atoms with Gasteiger partial charge in [0.15, 0.2) is 0 Å². The molecular weight excluding hydrogens is 232 g/mol. The molecule has 0 unspecified atom stereocenters. The lowest BCUT2D eigenvalue weighted by atomic mass is 9.93. The van der Waals surface area contributed by atoms with Crippen molar-refractivity contribution in [3.05, 3.63) is 11.9 Å². The Labute approximate surface area is 105 Å². The molecule has 0 atom stereocenters. The second-order valence-electron chi connectivity index (χ2n) is 5.27. The molecule has 18 heavy (non-hydrogen) atoms. The smallest absolute Gasteiger partial charge is 0.404 e. The number of nitrogens with zero attached hydrogens (tertiary/aromatic N) is 3. The zero-order chi connectivity index (χ0) is 12.5. The van der Waals surface area contributed by atoms with Crippen molar-refractivity contribution in [3.63, 3.8) is 0 Å². The van der Waals surface area contributed by atoms with Crippen molar-refractivity contribution < 1.29 is 9.53 Å². The molecule has 1 amide bonds. The molecule has 0 bridgehead atoms. The van der Waals surface area contributed by atoms with Gasteiger partial charge in [-0.05, 0) is 38.5 Å². The van der Waals surface area contributed by atoms with Crippen LogP contribution < -0.4 is 5.73 Å². The first-order valence-corrected chi connectivity index (χ1v) is 6.60. The van der Waals surface area contributed by atoms with Gasteiger partial charge in [0, 0.05) is 12.1 Å². The summed E-state index contributed by atoms with van der Waals surface area (Å²) < 4.78 is 7.00. The van der Waals surface area contributed by atoms with Crippen molar-refractivity contribution in [2.75, 3.05) is 0 Å². The molecule has 2 saturated carbocycles. The predicted octanol–water partition coefficient (Wildman–Crippen LogP) is 1.73. The molecule has 2 N–H and O–H groups in total. The minimum Gasteiger partial charge on any atom is -0.446 e. The zero-order valence-electron chi connectivity index (χ0n) is 10.3. The van der Waals surface area contributed by atoms with E-state index in [1.54, 1.807) is 0 Å². The Morgan fingerprint density at radius 2 is 2.00 bits per heavy atom. The third-order valence-electron chi connectivity index (χ3n) is 3.82. The fraction of sp³-hybridized carbons (Fsp3) is 0.750. The molecule has 0 saturated heterocycles. The van der Waals surface area contributed by atoms with Crippen LogP contribution in [0.4, 0.5) is 4.79 Å². The summed E-state index contributed by atoms with van der Waals surface area (Å²) in [6.45, 7) is 0. The SMILES string of the molecule is NC(=O)OC1CCC(n2cc(C3CC3)nn2)CC1. The van der Waals surface area contributed by atoms with E-state index in [9.17, 15) is 4.79 Å². The van der Waals surface area contributed by atoms with Crippen molar-refractivity contribution in [2.24, 2.45) is 5.73 Å². The Morgan fingerprint density at radius 1 is 1.28 bits per heavy atom. The van der Waals surface area contributed by atoms with Crippen LogP contribution in [0.3, 0.4) is 0 Å². The number of ether oxygens (including phenoxy) is 1. The van der Waals surface area contributed by atoms with Gasteiger partial charge < -0.3 is 10.5 Å². The molecule has 3 rings (SSSR count). The Hall–Kier alpha value is -1.59. The number of nitrogens with two attached hydrogens (primary N) is 1. The Balaban J connectivity index is 1.56. The molecule has 6 heteroatoms. The molecule has 1 aromatic rings. The van der Waals surface area contributed by atoms with Crippen molar-refractivity contribution >= 4 is 6.09 Å². The maximum absolute atomic E-state index is 10.7. The summed E-state index contributed by atoms with van der Waals surface area (Å²) in [4.78, 5) is 10.7. The molecule has 2 aliphatic rings. The number of hydrogen-bond acceptors (Lipinski definition) is 4. The largest absolute Gasteiger partial charge is 0.446 e. The van der Waals surface area contributed by atoms with Crippen LogP contribution in [-0.4, -0.2) is 27.2 Å². The minimum atomic E-state index is -0.671. The molecule has 1 aromatic heterocycles. The van der Waals surface area contributed by atoms with Crippen LogP contribution in [0.25, 0.3) is 0 Å². The fourth-order valence-electron chi connectivity index (χ4n) is 2.63. The van der Waals surface area contributed by atoms with Crippen LogP contribution in [0.1, 0.15) is 56.2 Å². The second kappa shape index (κ2) is 4.59. The highest BCUT2D eigenvalue weighted by Crippen LogP contribution is 2.39. The number of amides is 1. The van der Waals surface area contributed by atoms with E-state index in [1.165, 1.54) is 12.8 Å². The summed E-state index contributed by atoms with van der Waals surface area (Å²) in [5.74, 6) is 0.647. The average molecular weight is 250 g/mol. The molecule has 6 nitrogen and oxygen atoms in total. The van der Waals surface area contributed by atoms with E-state index in [-0.39, 0.29) is 6.10 Å². The number of hydrogen-bond donors (Lipinski definition) is 1. The van der Waals surface area contributed by atoms with Gasteiger partial charge in [-0.15, -0.1) is 5.10 Å². The van der Waals surface area contributed by atoms with Gasteiger partial charge in [0.25, 0.3) is 0 Å². The van der Waals surface area contributed by atoms with Gasteiger partial charge in [0.05, 0.1) is 11.7 Å². The zero-order valence-corrected chi connectivity index (χ0v) is 10.3. The van der Waals surface area contributed by atoms with E-state index in [0.29, 0.717) is 12.0 Å². The van der Waals surface area contributed by atoms with Crippen LogP contribution >= 0.6 is 0 Å². The van der Waals surface area contributed by atoms with Crippen LogP contribution in [0.15, 0.2) is 6.20 Å². The number of primary amides is 1. The van der Waals surface area contributed by atoms with E-state index < -0.39 is 6.09 Å². The van der Waals surface area contributed by atoms with E-state index in [1.807, 2.05) is 4.68 Å². The fourth-order valence-corrected chi connectivity index (χ4v) is 2.63. The second-order valence-corrected chi connectivity index (χ2v) is 5.27. The van der Waals surface area contributed by atoms with Crippen LogP contribution in [0.5, 0.6) is 0 Å². The first-order valence-electron chi connectivity index (χ1n) is 6.60. The molecule has 0 aliphatic heterocycles. The van der Waals surface area contributed by atoms with E-state index >= 15 is 0 Å². The summed E-state index contributed by atoms with van der Waals surface area (Å²) in [5, 5.41) is 8.45. The number of aromatic nitrogens is 3. The topological polar surface area (TPSA) is 83.0 Å². The summed E-state index contributed by atoms with van der Waals surface area (Å²) in [7, 11) is 0. The number of rotatable bonds is 3. The average Bonchev–Trinajstić information content (AvgIpc) is 3.08. The van der Waals surface area contributed by atoms with E-state index in [0.717, 1.165) is 31.4 Å². The first kappa shape index (κ1) is 11.5. The Bertz CT molecular complexity index is 433. The molecule has 2 aliphatic carbocycles. The highest BCUT2D eigenvalue weighted by Gasteiger charge is 2.29. The predicted molar refractivity (Wildman–Crippen MR) is 64.0 cm³/mol. The third kappa shape index (κ3) is 2.47.